The number of benzene rings is 1. The minimum absolute atomic E-state index is 0.492. The zero-order chi connectivity index (χ0) is 14.5. The fourth-order valence-corrected chi connectivity index (χ4v) is 4.72. The summed E-state index contributed by atoms with van der Waals surface area (Å²) in [6.45, 7) is 5.74. The molecule has 3 unspecified atom stereocenters. The first-order valence-electron chi connectivity index (χ1n) is 7.79. The Labute approximate surface area is 140 Å². The van der Waals surface area contributed by atoms with E-state index < -0.39 is 0 Å². The van der Waals surface area contributed by atoms with Crippen molar-refractivity contribution in [1.82, 2.24) is 5.32 Å². The van der Waals surface area contributed by atoms with E-state index in [1.165, 1.54) is 37.7 Å². The van der Waals surface area contributed by atoms with Gasteiger partial charge in [0.25, 0.3) is 0 Å². The van der Waals surface area contributed by atoms with Crippen molar-refractivity contribution in [1.29, 1.82) is 0 Å². The molecule has 1 fully saturated rings. The quantitative estimate of drug-likeness (QED) is 0.629. The first-order valence-corrected chi connectivity index (χ1v) is 9.38. The van der Waals surface area contributed by atoms with Crippen molar-refractivity contribution in [2.75, 3.05) is 6.54 Å². The van der Waals surface area contributed by atoms with Crippen molar-refractivity contribution in [3.05, 3.63) is 32.7 Å². The van der Waals surface area contributed by atoms with Crippen LogP contribution in [-0.2, 0) is 0 Å². The van der Waals surface area contributed by atoms with Crippen LogP contribution < -0.4 is 5.32 Å². The lowest BCUT2D eigenvalue weighted by molar-refractivity contribution is 0.223. The lowest BCUT2D eigenvalue weighted by Crippen LogP contribution is -2.31. The zero-order valence-corrected chi connectivity index (χ0v) is 15.6. The first kappa shape index (κ1) is 16.5. The summed E-state index contributed by atoms with van der Waals surface area (Å²) >= 11 is 7.26. The van der Waals surface area contributed by atoms with Gasteiger partial charge in [-0.05, 0) is 61.4 Å². The van der Waals surface area contributed by atoms with Gasteiger partial charge in [0.05, 0.1) is 0 Å². The van der Waals surface area contributed by atoms with Crippen molar-refractivity contribution < 1.29 is 0 Å². The molecular formula is C17H25Br2N. The van der Waals surface area contributed by atoms with Gasteiger partial charge in [0.2, 0.25) is 0 Å². The van der Waals surface area contributed by atoms with E-state index >= 15 is 0 Å². The summed E-state index contributed by atoms with van der Waals surface area (Å²) in [5, 5.41) is 3.79. The molecule has 0 radical (unpaired) electrons. The summed E-state index contributed by atoms with van der Waals surface area (Å²) < 4.78 is 2.32. The third-order valence-corrected chi connectivity index (χ3v) is 5.22. The molecular weight excluding hydrogens is 378 g/mol. The molecule has 1 aromatic carbocycles. The molecule has 1 aliphatic carbocycles. The Morgan fingerprint density at radius 3 is 2.50 bits per heavy atom. The van der Waals surface area contributed by atoms with Crippen molar-refractivity contribution in [2.45, 2.75) is 52.0 Å². The second-order valence-corrected chi connectivity index (χ2v) is 8.00. The highest BCUT2D eigenvalue weighted by molar-refractivity contribution is 9.11. The SMILES string of the molecule is CCCNC(c1cc(Br)cc(Br)c1)C1CCCC(C)C1. The van der Waals surface area contributed by atoms with E-state index in [4.69, 9.17) is 0 Å². The van der Waals surface area contributed by atoms with E-state index in [1.807, 2.05) is 0 Å². The van der Waals surface area contributed by atoms with Crippen LogP contribution in [0.15, 0.2) is 27.1 Å². The van der Waals surface area contributed by atoms with Gasteiger partial charge >= 0.3 is 0 Å². The molecule has 0 aromatic heterocycles. The van der Waals surface area contributed by atoms with Crippen LogP contribution in [0.25, 0.3) is 0 Å². The smallest absolute Gasteiger partial charge is 0.0349 e. The van der Waals surface area contributed by atoms with E-state index in [0.29, 0.717) is 6.04 Å². The van der Waals surface area contributed by atoms with Crippen LogP contribution in [0.2, 0.25) is 0 Å². The maximum atomic E-state index is 3.79. The second kappa shape index (κ2) is 7.95. The monoisotopic (exact) mass is 401 g/mol. The number of rotatable bonds is 5. The van der Waals surface area contributed by atoms with Gasteiger partial charge in [0.1, 0.15) is 0 Å². The van der Waals surface area contributed by atoms with Crippen LogP contribution in [0.3, 0.4) is 0 Å². The minimum atomic E-state index is 0.492. The van der Waals surface area contributed by atoms with Crippen LogP contribution in [0.1, 0.15) is 57.6 Å². The summed E-state index contributed by atoms with van der Waals surface area (Å²) in [7, 11) is 0. The molecule has 1 saturated carbocycles. The highest BCUT2D eigenvalue weighted by Crippen LogP contribution is 2.38. The van der Waals surface area contributed by atoms with E-state index in [9.17, 15) is 0 Å². The topological polar surface area (TPSA) is 12.0 Å². The fraction of sp³-hybridized carbons (Fsp3) is 0.647. The van der Waals surface area contributed by atoms with Gasteiger partial charge in [-0.15, -0.1) is 0 Å². The molecule has 0 aliphatic heterocycles. The molecule has 1 aliphatic rings. The fourth-order valence-electron chi connectivity index (χ4n) is 3.40. The summed E-state index contributed by atoms with van der Waals surface area (Å²) in [6, 6.07) is 7.16. The number of hydrogen-bond donors (Lipinski definition) is 1. The molecule has 112 valence electrons. The van der Waals surface area contributed by atoms with Crippen molar-refractivity contribution in [3.8, 4) is 0 Å². The molecule has 0 spiro atoms. The summed E-state index contributed by atoms with van der Waals surface area (Å²) in [4.78, 5) is 0. The standard InChI is InChI=1S/C17H25Br2N/c1-3-7-20-17(13-6-4-5-12(2)8-13)14-9-15(18)11-16(19)10-14/h9-13,17,20H,3-8H2,1-2H3. The first-order chi connectivity index (χ1) is 9.60. The number of nitrogens with one attached hydrogen (secondary N) is 1. The zero-order valence-electron chi connectivity index (χ0n) is 12.5. The molecule has 0 heterocycles. The average molecular weight is 403 g/mol. The van der Waals surface area contributed by atoms with Crippen LogP contribution in [0, 0.1) is 11.8 Å². The van der Waals surface area contributed by atoms with E-state index in [1.54, 1.807) is 0 Å². The van der Waals surface area contributed by atoms with Gasteiger partial charge in [-0.3, -0.25) is 0 Å². The van der Waals surface area contributed by atoms with Crippen LogP contribution >= 0.6 is 31.9 Å². The molecule has 2 rings (SSSR count). The van der Waals surface area contributed by atoms with Gasteiger partial charge in [-0.1, -0.05) is 58.5 Å². The van der Waals surface area contributed by atoms with Crippen molar-refractivity contribution >= 4 is 31.9 Å². The molecule has 20 heavy (non-hydrogen) atoms. The van der Waals surface area contributed by atoms with Crippen LogP contribution in [0.4, 0.5) is 0 Å². The molecule has 1 aromatic rings. The summed E-state index contributed by atoms with van der Waals surface area (Å²) in [5.74, 6) is 1.64. The van der Waals surface area contributed by atoms with Gasteiger partial charge in [0.15, 0.2) is 0 Å². The summed E-state index contributed by atoms with van der Waals surface area (Å²) in [5.41, 5.74) is 1.42. The van der Waals surface area contributed by atoms with Gasteiger partial charge in [-0.2, -0.15) is 0 Å². The van der Waals surface area contributed by atoms with Crippen molar-refractivity contribution in [3.63, 3.8) is 0 Å². The number of halogens is 2. The molecule has 0 saturated heterocycles. The second-order valence-electron chi connectivity index (χ2n) is 6.17. The van der Waals surface area contributed by atoms with Gasteiger partial charge in [0, 0.05) is 15.0 Å². The Morgan fingerprint density at radius 2 is 1.90 bits per heavy atom. The largest absolute Gasteiger partial charge is 0.310 e. The van der Waals surface area contributed by atoms with Gasteiger partial charge in [-0.25, -0.2) is 0 Å². The Morgan fingerprint density at radius 1 is 1.20 bits per heavy atom. The van der Waals surface area contributed by atoms with Gasteiger partial charge < -0.3 is 5.32 Å². The normalized spacial score (nSPS) is 24.6. The Kier molecular flexibility index (Phi) is 6.57. The maximum absolute atomic E-state index is 3.79. The third-order valence-electron chi connectivity index (χ3n) is 4.31. The van der Waals surface area contributed by atoms with Crippen molar-refractivity contribution in [2.24, 2.45) is 11.8 Å². The molecule has 1 nitrogen and oxygen atoms in total. The molecule has 3 heteroatoms. The maximum Gasteiger partial charge on any atom is 0.0349 e. The molecule has 0 bridgehead atoms. The lowest BCUT2D eigenvalue weighted by atomic mass is 9.76. The molecule has 3 atom stereocenters. The minimum Gasteiger partial charge on any atom is -0.310 e. The Hall–Kier alpha value is 0.140. The molecule has 0 amide bonds. The number of hydrogen-bond acceptors (Lipinski definition) is 1. The average Bonchev–Trinajstić information content (AvgIpc) is 2.38. The molecule has 1 N–H and O–H groups in total. The van der Waals surface area contributed by atoms with Crippen LogP contribution in [0.5, 0.6) is 0 Å². The van der Waals surface area contributed by atoms with E-state index in [2.05, 4.69) is 69.2 Å². The Bertz CT molecular complexity index is 413. The predicted molar refractivity (Wildman–Crippen MR) is 94.0 cm³/mol. The van der Waals surface area contributed by atoms with Crippen LogP contribution in [-0.4, -0.2) is 6.54 Å². The predicted octanol–water partition coefficient (Wildman–Crippen LogP) is 6.08. The van der Waals surface area contributed by atoms with E-state index in [-0.39, 0.29) is 0 Å². The lowest BCUT2D eigenvalue weighted by Gasteiger charge is -2.34. The highest BCUT2D eigenvalue weighted by Gasteiger charge is 2.27. The highest BCUT2D eigenvalue weighted by atomic mass is 79.9. The third kappa shape index (κ3) is 4.57. The summed E-state index contributed by atoms with van der Waals surface area (Å²) in [6.07, 6.45) is 6.68. The van der Waals surface area contributed by atoms with E-state index in [0.717, 1.165) is 27.3 Å². The Balaban J connectivity index is 2.21.